The van der Waals surface area contributed by atoms with Gasteiger partial charge in [-0.15, -0.1) is 0 Å². The van der Waals surface area contributed by atoms with Crippen molar-refractivity contribution in [1.82, 2.24) is 0 Å². The van der Waals surface area contributed by atoms with Crippen LogP contribution < -0.4 is 0 Å². The zero-order chi connectivity index (χ0) is 20.1. The lowest BCUT2D eigenvalue weighted by atomic mass is 9.44. The van der Waals surface area contributed by atoms with E-state index in [2.05, 4.69) is 34.6 Å². The lowest BCUT2D eigenvalue weighted by molar-refractivity contribution is -0.174. The van der Waals surface area contributed by atoms with Crippen molar-refractivity contribution in [2.24, 2.45) is 46.3 Å². The van der Waals surface area contributed by atoms with Gasteiger partial charge < -0.3 is 4.74 Å². The van der Waals surface area contributed by atoms with Crippen LogP contribution in [0.2, 0.25) is 0 Å². The summed E-state index contributed by atoms with van der Waals surface area (Å²) in [5.74, 6) is 3.81. The fourth-order valence-corrected chi connectivity index (χ4v) is 9.27. The van der Waals surface area contributed by atoms with Crippen LogP contribution in [0.4, 0.5) is 0 Å². The molecule has 0 aromatic heterocycles. The van der Waals surface area contributed by atoms with E-state index < -0.39 is 0 Å². The molecule has 5 aliphatic rings. The quantitative estimate of drug-likeness (QED) is 0.530. The molecule has 154 valence electrons. The van der Waals surface area contributed by atoms with Crippen LogP contribution >= 0.6 is 0 Å². The summed E-state index contributed by atoms with van der Waals surface area (Å²) in [4.78, 5) is 24.4. The largest absolute Gasteiger partial charge is 0.458 e. The fourth-order valence-electron chi connectivity index (χ4n) is 9.27. The molecule has 0 aromatic carbocycles. The molecule has 3 saturated carbocycles. The number of fused-ring (bicyclic) bond motifs is 6. The second-order valence-corrected chi connectivity index (χ2v) is 11.4. The minimum absolute atomic E-state index is 0.0167. The summed E-state index contributed by atoms with van der Waals surface area (Å²) in [6, 6.07) is 0. The van der Waals surface area contributed by atoms with Crippen molar-refractivity contribution in [3.8, 4) is 0 Å². The smallest absolute Gasteiger partial charge is 0.306 e. The van der Waals surface area contributed by atoms with Gasteiger partial charge >= 0.3 is 5.97 Å². The van der Waals surface area contributed by atoms with Crippen LogP contribution in [0.15, 0.2) is 11.6 Å². The number of rotatable bonds is 0. The van der Waals surface area contributed by atoms with E-state index in [0.29, 0.717) is 54.1 Å². The molecule has 4 aliphatic carbocycles. The zero-order valence-corrected chi connectivity index (χ0v) is 18.2. The van der Waals surface area contributed by atoms with Crippen LogP contribution in [0.1, 0.15) is 79.6 Å². The van der Waals surface area contributed by atoms with Crippen molar-refractivity contribution >= 4 is 11.8 Å². The van der Waals surface area contributed by atoms with Crippen LogP contribution in [-0.2, 0) is 14.3 Å². The van der Waals surface area contributed by atoms with E-state index in [4.69, 9.17) is 4.74 Å². The number of allylic oxidation sites excluding steroid dienone is 1. The maximum Gasteiger partial charge on any atom is 0.306 e. The molecular weight excluding hydrogens is 348 g/mol. The minimum atomic E-state index is -0.248. The third kappa shape index (κ3) is 2.07. The molecule has 5 unspecified atom stereocenters. The van der Waals surface area contributed by atoms with Crippen molar-refractivity contribution < 1.29 is 14.3 Å². The van der Waals surface area contributed by atoms with Gasteiger partial charge in [-0.3, -0.25) is 9.59 Å². The predicted molar refractivity (Wildman–Crippen MR) is 108 cm³/mol. The normalized spacial score (nSPS) is 55.4. The van der Waals surface area contributed by atoms with Crippen molar-refractivity contribution in [1.29, 1.82) is 0 Å². The van der Waals surface area contributed by atoms with E-state index in [1.807, 2.05) is 6.08 Å². The average Bonchev–Trinajstić information content (AvgIpc) is 3.11. The van der Waals surface area contributed by atoms with Gasteiger partial charge in [0, 0.05) is 18.3 Å². The highest BCUT2D eigenvalue weighted by atomic mass is 16.6. The maximum absolute atomic E-state index is 12.2. The van der Waals surface area contributed by atoms with Gasteiger partial charge in [0.25, 0.3) is 0 Å². The molecule has 0 aromatic rings. The number of carbonyl (C=O) groups excluding carboxylic acids is 2. The topological polar surface area (TPSA) is 43.4 Å². The molecule has 3 nitrogen and oxygen atoms in total. The van der Waals surface area contributed by atoms with Crippen molar-refractivity contribution in [2.45, 2.75) is 85.2 Å². The second-order valence-electron chi connectivity index (χ2n) is 11.4. The highest BCUT2D eigenvalue weighted by molar-refractivity contribution is 5.91. The van der Waals surface area contributed by atoms with E-state index in [1.54, 1.807) is 0 Å². The SMILES string of the molecule is CC1CC2C(CC[C@@]3(C)C2[C@H](C)C(C)[C@@]32CCC(=O)O2)[C@@]2(C)CCC(=O)C=C12. The first-order chi connectivity index (χ1) is 13.1. The lowest BCUT2D eigenvalue weighted by Gasteiger charge is -2.61. The Balaban J connectivity index is 1.58. The number of ether oxygens (including phenoxy) is 1. The summed E-state index contributed by atoms with van der Waals surface area (Å²) >= 11 is 0. The summed E-state index contributed by atoms with van der Waals surface area (Å²) in [5, 5.41) is 0. The van der Waals surface area contributed by atoms with Crippen LogP contribution in [0.3, 0.4) is 0 Å². The number of ketones is 1. The third-order valence-corrected chi connectivity index (χ3v) is 10.6. The van der Waals surface area contributed by atoms with Crippen LogP contribution in [0.25, 0.3) is 0 Å². The van der Waals surface area contributed by atoms with Crippen LogP contribution in [0, 0.1) is 46.3 Å². The minimum Gasteiger partial charge on any atom is -0.458 e. The molecule has 9 atom stereocenters. The van der Waals surface area contributed by atoms with Crippen molar-refractivity contribution in [3.63, 3.8) is 0 Å². The highest BCUT2D eigenvalue weighted by Crippen LogP contribution is 2.72. The molecule has 1 saturated heterocycles. The van der Waals surface area contributed by atoms with Gasteiger partial charge in [0.2, 0.25) is 0 Å². The maximum atomic E-state index is 12.2. The Bertz CT molecular complexity index is 768. The number of hydrogen-bond donors (Lipinski definition) is 0. The zero-order valence-electron chi connectivity index (χ0n) is 18.2. The van der Waals surface area contributed by atoms with Gasteiger partial charge in [-0.2, -0.15) is 0 Å². The Labute approximate surface area is 169 Å². The summed E-state index contributed by atoms with van der Waals surface area (Å²) in [7, 11) is 0. The van der Waals surface area contributed by atoms with E-state index in [-0.39, 0.29) is 22.4 Å². The Kier molecular flexibility index (Phi) is 3.86. The highest BCUT2D eigenvalue weighted by Gasteiger charge is 2.72. The molecule has 1 aliphatic heterocycles. The van der Waals surface area contributed by atoms with Gasteiger partial charge in [-0.25, -0.2) is 0 Å². The molecule has 5 rings (SSSR count). The number of esters is 1. The monoisotopic (exact) mass is 384 g/mol. The molecule has 0 amide bonds. The van der Waals surface area contributed by atoms with E-state index >= 15 is 0 Å². The summed E-state index contributed by atoms with van der Waals surface area (Å²) in [6.07, 6.45) is 8.82. The van der Waals surface area contributed by atoms with Crippen LogP contribution in [0.5, 0.6) is 0 Å². The first-order valence-electron chi connectivity index (χ1n) is 11.6. The first-order valence-corrected chi connectivity index (χ1v) is 11.6. The van der Waals surface area contributed by atoms with E-state index in [9.17, 15) is 9.59 Å². The summed E-state index contributed by atoms with van der Waals surface area (Å²) in [6.45, 7) is 12.0. The lowest BCUT2D eigenvalue weighted by Crippen LogP contribution is -2.56. The fraction of sp³-hybridized carbons (Fsp3) is 0.840. The predicted octanol–water partition coefficient (Wildman–Crippen LogP) is 5.33. The standard InChI is InChI=1S/C25H36O3/c1-14-12-18-19(23(4)9-6-17(26)13-20(14)23)7-10-24(5)22(18)15(2)16(3)25(24)11-8-21(27)28-25/h13-16,18-19,22H,6-12H2,1-5H3/t14?,15-,16?,18?,19?,22?,23-,24+,25+/m1/s1. The molecule has 0 bridgehead atoms. The van der Waals surface area contributed by atoms with Gasteiger partial charge in [-0.05, 0) is 79.1 Å². The molecule has 1 spiro atoms. The Morgan fingerprint density at radius 1 is 1.04 bits per heavy atom. The first kappa shape index (κ1) is 18.9. The van der Waals surface area contributed by atoms with Crippen molar-refractivity contribution in [2.75, 3.05) is 0 Å². The van der Waals surface area contributed by atoms with Crippen LogP contribution in [-0.4, -0.2) is 17.4 Å². The Morgan fingerprint density at radius 2 is 1.79 bits per heavy atom. The van der Waals surface area contributed by atoms with E-state index in [1.165, 1.54) is 18.4 Å². The van der Waals surface area contributed by atoms with Crippen molar-refractivity contribution in [3.05, 3.63) is 11.6 Å². The van der Waals surface area contributed by atoms with Gasteiger partial charge in [-0.1, -0.05) is 40.2 Å². The molecule has 28 heavy (non-hydrogen) atoms. The molecule has 1 heterocycles. The number of hydrogen-bond acceptors (Lipinski definition) is 3. The van der Waals surface area contributed by atoms with Gasteiger partial charge in [0.05, 0.1) is 0 Å². The number of carbonyl (C=O) groups is 2. The molecular formula is C25H36O3. The van der Waals surface area contributed by atoms with E-state index in [0.717, 1.165) is 19.3 Å². The third-order valence-electron chi connectivity index (χ3n) is 10.6. The Morgan fingerprint density at radius 3 is 2.46 bits per heavy atom. The second kappa shape index (κ2) is 5.73. The molecule has 0 N–H and O–H groups in total. The summed E-state index contributed by atoms with van der Waals surface area (Å²) in [5.41, 5.74) is 1.47. The Hall–Kier alpha value is -1.12. The molecule has 3 heteroatoms. The average molecular weight is 385 g/mol. The molecule has 0 radical (unpaired) electrons. The van der Waals surface area contributed by atoms with Gasteiger partial charge in [0.15, 0.2) is 5.78 Å². The molecule has 4 fully saturated rings. The van der Waals surface area contributed by atoms with Gasteiger partial charge in [0.1, 0.15) is 5.60 Å². The summed E-state index contributed by atoms with van der Waals surface area (Å²) < 4.78 is 6.22.